The van der Waals surface area contributed by atoms with E-state index in [2.05, 4.69) is 22.2 Å². The van der Waals surface area contributed by atoms with E-state index in [0.717, 1.165) is 23.9 Å². The molecule has 3 heteroatoms. The molecule has 0 spiro atoms. The van der Waals surface area contributed by atoms with Crippen LogP contribution in [-0.4, -0.2) is 16.5 Å². The van der Waals surface area contributed by atoms with Crippen molar-refractivity contribution in [2.75, 3.05) is 6.54 Å². The van der Waals surface area contributed by atoms with Crippen molar-refractivity contribution in [3.8, 4) is 0 Å². The van der Waals surface area contributed by atoms with E-state index in [0.29, 0.717) is 6.04 Å². The Labute approximate surface area is 104 Å². The lowest BCUT2D eigenvalue weighted by Crippen LogP contribution is -2.28. The highest BCUT2D eigenvalue weighted by Gasteiger charge is 2.26. The molecule has 0 aromatic carbocycles. The maximum Gasteiger partial charge on any atom is 0.0759 e. The molecule has 0 radical (unpaired) electrons. The van der Waals surface area contributed by atoms with E-state index in [9.17, 15) is 0 Å². The van der Waals surface area contributed by atoms with Crippen LogP contribution in [0, 0.1) is 12.8 Å². The number of rotatable bonds is 5. The predicted molar refractivity (Wildman–Crippen MR) is 69.8 cm³/mol. The Kier molecular flexibility index (Phi) is 4.49. The number of aryl methyl sites for hydroxylation is 1. The molecular formula is C14H23N3. The predicted octanol–water partition coefficient (Wildman–Crippen LogP) is 3.02. The lowest BCUT2D eigenvalue weighted by atomic mass is 9.95. The van der Waals surface area contributed by atoms with Crippen LogP contribution in [0.15, 0.2) is 12.4 Å². The zero-order chi connectivity index (χ0) is 12.1. The Balaban J connectivity index is 2.10. The van der Waals surface area contributed by atoms with Crippen molar-refractivity contribution in [1.82, 2.24) is 15.3 Å². The number of nitrogens with zero attached hydrogens (tertiary/aromatic N) is 2. The normalized spacial score (nSPS) is 18.5. The fourth-order valence-electron chi connectivity index (χ4n) is 2.67. The van der Waals surface area contributed by atoms with E-state index in [1.807, 2.05) is 19.3 Å². The third-order valence-corrected chi connectivity index (χ3v) is 3.61. The van der Waals surface area contributed by atoms with E-state index in [1.165, 1.54) is 32.1 Å². The molecule has 1 aromatic rings. The summed E-state index contributed by atoms with van der Waals surface area (Å²) in [5.41, 5.74) is 2.12. The Morgan fingerprint density at radius 3 is 2.65 bits per heavy atom. The van der Waals surface area contributed by atoms with Crippen LogP contribution < -0.4 is 5.32 Å². The third kappa shape index (κ3) is 3.25. The van der Waals surface area contributed by atoms with Crippen molar-refractivity contribution < 1.29 is 0 Å². The maximum absolute atomic E-state index is 4.55. The molecule has 1 heterocycles. The molecular weight excluding hydrogens is 210 g/mol. The van der Waals surface area contributed by atoms with Gasteiger partial charge in [0, 0.05) is 6.20 Å². The fourth-order valence-corrected chi connectivity index (χ4v) is 2.67. The highest BCUT2D eigenvalue weighted by molar-refractivity contribution is 5.08. The van der Waals surface area contributed by atoms with Crippen LogP contribution in [0.1, 0.15) is 56.5 Å². The van der Waals surface area contributed by atoms with Gasteiger partial charge in [-0.25, -0.2) is 0 Å². The quantitative estimate of drug-likeness (QED) is 0.849. The first kappa shape index (κ1) is 12.5. The Hall–Kier alpha value is -0.960. The molecule has 2 rings (SSSR count). The van der Waals surface area contributed by atoms with Gasteiger partial charge in [-0.2, -0.15) is 0 Å². The molecule has 94 valence electrons. The van der Waals surface area contributed by atoms with Gasteiger partial charge in [0.1, 0.15) is 0 Å². The number of nitrogens with one attached hydrogen (secondary N) is 1. The summed E-state index contributed by atoms with van der Waals surface area (Å²) in [6.07, 6.45) is 10.4. The van der Waals surface area contributed by atoms with Gasteiger partial charge in [-0.3, -0.25) is 9.97 Å². The summed E-state index contributed by atoms with van der Waals surface area (Å²) in [7, 11) is 0. The summed E-state index contributed by atoms with van der Waals surface area (Å²) in [6, 6.07) is 0.408. The van der Waals surface area contributed by atoms with Crippen molar-refractivity contribution in [1.29, 1.82) is 0 Å². The third-order valence-electron chi connectivity index (χ3n) is 3.61. The highest BCUT2D eigenvalue weighted by atomic mass is 15.0. The van der Waals surface area contributed by atoms with Gasteiger partial charge in [-0.15, -0.1) is 0 Å². The molecule has 1 fully saturated rings. The van der Waals surface area contributed by atoms with Gasteiger partial charge >= 0.3 is 0 Å². The summed E-state index contributed by atoms with van der Waals surface area (Å²) in [6.45, 7) is 5.26. The molecule has 1 aliphatic carbocycles. The molecule has 1 aromatic heterocycles. The van der Waals surface area contributed by atoms with Gasteiger partial charge in [-0.05, 0) is 38.6 Å². The minimum Gasteiger partial charge on any atom is -0.308 e. The smallest absolute Gasteiger partial charge is 0.0759 e. The van der Waals surface area contributed by atoms with Gasteiger partial charge in [0.05, 0.1) is 23.6 Å². The second-order valence-corrected chi connectivity index (χ2v) is 5.06. The van der Waals surface area contributed by atoms with Gasteiger partial charge in [-0.1, -0.05) is 19.8 Å². The van der Waals surface area contributed by atoms with Gasteiger partial charge in [0.2, 0.25) is 0 Å². The van der Waals surface area contributed by atoms with Crippen molar-refractivity contribution in [3.05, 3.63) is 23.8 Å². The van der Waals surface area contributed by atoms with Crippen molar-refractivity contribution in [2.24, 2.45) is 5.92 Å². The molecule has 0 saturated heterocycles. The average Bonchev–Trinajstić information content (AvgIpc) is 2.85. The SMILES string of the molecule is CCCNC(c1cnc(C)cn1)C1CCCC1. The van der Waals surface area contributed by atoms with Crippen LogP contribution in [0.25, 0.3) is 0 Å². The molecule has 1 aliphatic rings. The molecule has 0 aliphatic heterocycles. The Bertz CT molecular complexity index is 328. The first-order chi connectivity index (χ1) is 8.31. The topological polar surface area (TPSA) is 37.8 Å². The van der Waals surface area contributed by atoms with Crippen LogP contribution in [0.5, 0.6) is 0 Å². The number of hydrogen-bond donors (Lipinski definition) is 1. The monoisotopic (exact) mass is 233 g/mol. The fraction of sp³-hybridized carbons (Fsp3) is 0.714. The maximum atomic E-state index is 4.55. The first-order valence-electron chi connectivity index (χ1n) is 6.83. The van der Waals surface area contributed by atoms with Crippen LogP contribution in [-0.2, 0) is 0 Å². The molecule has 0 bridgehead atoms. The second kappa shape index (κ2) is 6.10. The Morgan fingerprint density at radius 2 is 2.06 bits per heavy atom. The molecule has 1 saturated carbocycles. The van der Waals surface area contributed by atoms with Gasteiger partial charge < -0.3 is 5.32 Å². The lowest BCUT2D eigenvalue weighted by molar-refractivity contribution is 0.360. The van der Waals surface area contributed by atoms with E-state index in [1.54, 1.807) is 0 Å². The summed E-state index contributed by atoms with van der Waals surface area (Å²) in [4.78, 5) is 8.93. The van der Waals surface area contributed by atoms with E-state index >= 15 is 0 Å². The zero-order valence-electron chi connectivity index (χ0n) is 10.9. The minimum atomic E-state index is 0.408. The standard InChI is InChI=1S/C14H23N3/c1-3-8-15-14(12-6-4-5-7-12)13-10-16-11(2)9-17-13/h9-10,12,14-15H,3-8H2,1-2H3. The molecule has 1 unspecified atom stereocenters. The Morgan fingerprint density at radius 1 is 1.29 bits per heavy atom. The van der Waals surface area contributed by atoms with Gasteiger partial charge in [0.25, 0.3) is 0 Å². The summed E-state index contributed by atoms with van der Waals surface area (Å²) < 4.78 is 0. The zero-order valence-corrected chi connectivity index (χ0v) is 10.9. The van der Waals surface area contributed by atoms with E-state index < -0.39 is 0 Å². The molecule has 17 heavy (non-hydrogen) atoms. The summed E-state index contributed by atoms with van der Waals surface area (Å²) in [5.74, 6) is 0.749. The van der Waals surface area contributed by atoms with Gasteiger partial charge in [0.15, 0.2) is 0 Å². The minimum absolute atomic E-state index is 0.408. The largest absolute Gasteiger partial charge is 0.308 e. The van der Waals surface area contributed by atoms with E-state index in [4.69, 9.17) is 0 Å². The van der Waals surface area contributed by atoms with Crippen molar-refractivity contribution in [3.63, 3.8) is 0 Å². The van der Waals surface area contributed by atoms with Crippen LogP contribution in [0.4, 0.5) is 0 Å². The summed E-state index contributed by atoms with van der Waals surface area (Å²) in [5, 5.41) is 3.64. The molecule has 0 amide bonds. The van der Waals surface area contributed by atoms with Crippen molar-refractivity contribution in [2.45, 2.75) is 52.0 Å². The molecule has 3 nitrogen and oxygen atoms in total. The van der Waals surface area contributed by atoms with Crippen LogP contribution in [0.2, 0.25) is 0 Å². The highest BCUT2D eigenvalue weighted by Crippen LogP contribution is 2.34. The van der Waals surface area contributed by atoms with Crippen LogP contribution >= 0.6 is 0 Å². The molecule has 1 atom stereocenters. The summed E-state index contributed by atoms with van der Waals surface area (Å²) >= 11 is 0. The average molecular weight is 233 g/mol. The first-order valence-corrected chi connectivity index (χ1v) is 6.83. The van der Waals surface area contributed by atoms with E-state index in [-0.39, 0.29) is 0 Å². The van der Waals surface area contributed by atoms with Crippen molar-refractivity contribution >= 4 is 0 Å². The lowest BCUT2D eigenvalue weighted by Gasteiger charge is -2.24. The molecule has 1 N–H and O–H groups in total. The number of aromatic nitrogens is 2. The number of hydrogen-bond acceptors (Lipinski definition) is 3. The van der Waals surface area contributed by atoms with Crippen LogP contribution in [0.3, 0.4) is 0 Å². The second-order valence-electron chi connectivity index (χ2n) is 5.06.